The largest absolute Gasteiger partial charge is 0.307 e. The molecule has 82 valence electrons. The zero-order chi connectivity index (χ0) is 10.8. The van der Waals surface area contributed by atoms with Crippen LogP contribution in [0.5, 0.6) is 0 Å². The van der Waals surface area contributed by atoms with Crippen molar-refractivity contribution in [3.63, 3.8) is 0 Å². The highest BCUT2D eigenvalue weighted by Gasteiger charge is 2.22. The van der Waals surface area contributed by atoms with E-state index in [0.29, 0.717) is 12.1 Å². The SMILES string of the molecule is CCC(C)NC1CCc2cc(Br)ccc21. The number of aryl methyl sites for hydroxylation is 1. The van der Waals surface area contributed by atoms with Gasteiger partial charge < -0.3 is 5.32 Å². The maximum absolute atomic E-state index is 3.69. The Hall–Kier alpha value is -0.340. The third kappa shape index (κ3) is 2.43. The summed E-state index contributed by atoms with van der Waals surface area (Å²) in [6.07, 6.45) is 3.65. The fourth-order valence-electron chi connectivity index (χ4n) is 2.22. The van der Waals surface area contributed by atoms with Crippen LogP contribution in [0.25, 0.3) is 0 Å². The molecule has 15 heavy (non-hydrogen) atoms. The van der Waals surface area contributed by atoms with E-state index in [4.69, 9.17) is 0 Å². The van der Waals surface area contributed by atoms with E-state index < -0.39 is 0 Å². The Morgan fingerprint density at radius 3 is 3.07 bits per heavy atom. The Balaban J connectivity index is 2.14. The summed E-state index contributed by atoms with van der Waals surface area (Å²) in [5.41, 5.74) is 3.00. The predicted molar refractivity (Wildman–Crippen MR) is 68.1 cm³/mol. The molecule has 1 N–H and O–H groups in total. The van der Waals surface area contributed by atoms with Crippen molar-refractivity contribution in [2.45, 2.75) is 45.2 Å². The lowest BCUT2D eigenvalue weighted by atomic mass is 10.1. The van der Waals surface area contributed by atoms with E-state index in [1.807, 2.05) is 0 Å². The predicted octanol–water partition coefficient (Wildman–Crippen LogP) is 3.82. The highest BCUT2D eigenvalue weighted by molar-refractivity contribution is 9.10. The Bertz CT molecular complexity index is 348. The molecular formula is C13H18BrN. The van der Waals surface area contributed by atoms with Crippen molar-refractivity contribution in [3.05, 3.63) is 33.8 Å². The third-order valence-corrected chi connectivity index (χ3v) is 3.77. The highest BCUT2D eigenvalue weighted by Crippen LogP contribution is 2.33. The molecule has 0 aliphatic heterocycles. The summed E-state index contributed by atoms with van der Waals surface area (Å²) < 4.78 is 1.20. The van der Waals surface area contributed by atoms with Gasteiger partial charge in [-0.05, 0) is 49.4 Å². The van der Waals surface area contributed by atoms with Crippen LogP contribution >= 0.6 is 15.9 Å². The Morgan fingerprint density at radius 1 is 1.53 bits per heavy atom. The van der Waals surface area contributed by atoms with Gasteiger partial charge in [-0.3, -0.25) is 0 Å². The first-order valence-corrected chi connectivity index (χ1v) is 6.54. The van der Waals surface area contributed by atoms with Gasteiger partial charge in [0.05, 0.1) is 0 Å². The maximum atomic E-state index is 3.69. The van der Waals surface area contributed by atoms with Crippen molar-refractivity contribution in [1.29, 1.82) is 0 Å². The second-order valence-corrected chi connectivity index (χ2v) is 5.33. The first-order chi connectivity index (χ1) is 7.20. The molecule has 0 spiro atoms. The molecule has 0 saturated carbocycles. The molecule has 0 heterocycles. The molecule has 1 aromatic carbocycles. The van der Waals surface area contributed by atoms with Crippen molar-refractivity contribution in [3.8, 4) is 0 Å². The lowest BCUT2D eigenvalue weighted by Gasteiger charge is -2.19. The molecule has 1 nitrogen and oxygen atoms in total. The first kappa shape index (κ1) is 11.2. The molecule has 2 atom stereocenters. The molecule has 2 rings (SSSR count). The smallest absolute Gasteiger partial charge is 0.0328 e. The quantitative estimate of drug-likeness (QED) is 0.878. The number of benzene rings is 1. The Kier molecular flexibility index (Phi) is 3.47. The zero-order valence-electron chi connectivity index (χ0n) is 9.39. The highest BCUT2D eigenvalue weighted by atomic mass is 79.9. The van der Waals surface area contributed by atoms with Crippen LogP contribution < -0.4 is 5.32 Å². The summed E-state index contributed by atoms with van der Waals surface area (Å²) in [7, 11) is 0. The molecule has 0 amide bonds. The van der Waals surface area contributed by atoms with E-state index in [2.05, 4.69) is 53.3 Å². The summed E-state index contributed by atoms with van der Waals surface area (Å²) in [5.74, 6) is 0. The molecule has 0 saturated heterocycles. The second-order valence-electron chi connectivity index (χ2n) is 4.41. The standard InChI is InChI=1S/C13H18BrN/c1-3-9(2)15-13-7-4-10-8-11(14)5-6-12(10)13/h5-6,8-9,13,15H,3-4,7H2,1-2H3. The average molecular weight is 268 g/mol. The van der Waals surface area contributed by atoms with Crippen LogP contribution in [-0.2, 0) is 6.42 Å². The average Bonchev–Trinajstić information content (AvgIpc) is 2.60. The van der Waals surface area contributed by atoms with Crippen LogP contribution in [0.15, 0.2) is 22.7 Å². The summed E-state index contributed by atoms with van der Waals surface area (Å²) >= 11 is 3.53. The minimum atomic E-state index is 0.572. The fraction of sp³-hybridized carbons (Fsp3) is 0.538. The van der Waals surface area contributed by atoms with Crippen LogP contribution in [0.2, 0.25) is 0 Å². The lowest BCUT2D eigenvalue weighted by Crippen LogP contribution is -2.28. The maximum Gasteiger partial charge on any atom is 0.0328 e. The van der Waals surface area contributed by atoms with Gasteiger partial charge in [0.1, 0.15) is 0 Å². The van der Waals surface area contributed by atoms with Gasteiger partial charge in [0.25, 0.3) is 0 Å². The molecule has 2 unspecified atom stereocenters. The molecule has 0 radical (unpaired) electrons. The van der Waals surface area contributed by atoms with Crippen LogP contribution in [0.3, 0.4) is 0 Å². The number of nitrogens with one attached hydrogen (secondary N) is 1. The van der Waals surface area contributed by atoms with E-state index in [1.165, 1.54) is 34.9 Å². The summed E-state index contributed by atoms with van der Waals surface area (Å²) in [6.45, 7) is 4.49. The van der Waals surface area contributed by atoms with Crippen molar-refractivity contribution in [2.24, 2.45) is 0 Å². The Labute approximate surface area is 100 Å². The van der Waals surface area contributed by atoms with Gasteiger partial charge in [-0.1, -0.05) is 28.9 Å². The molecule has 0 fully saturated rings. The minimum absolute atomic E-state index is 0.572. The van der Waals surface area contributed by atoms with Crippen molar-refractivity contribution in [2.75, 3.05) is 0 Å². The van der Waals surface area contributed by atoms with Crippen LogP contribution in [0.4, 0.5) is 0 Å². The first-order valence-electron chi connectivity index (χ1n) is 5.75. The number of hydrogen-bond acceptors (Lipinski definition) is 1. The minimum Gasteiger partial charge on any atom is -0.307 e. The number of hydrogen-bond donors (Lipinski definition) is 1. The number of halogens is 1. The molecule has 1 aromatic rings. The van der Waals surface area contributed by atoms with E-state index >= 15 is 0 Å². The molecule has 1 aliphatic carbocycles. The zero-order valence-corrected chi connectivity index (χ0v) is 11.0. The van der Waals surface area contributed by atoms with E-state index in [0.717, 1.165) is 0 Å². The van der Waals surface area contributed by atoms with Gasteiger partial charge in [-0.25, -0.2) is 0 Å². The van der Waals surface area contributed by atoms with Gasteiger partial charge in [0.2, 0.25) is 0 Å². The van der Waals surface area contributed by atoms with Crippen molar-refractivity contribution >= 4 is 15.9 Å². The van der Waals surface area contributed by atoms with Gasteiger partial charge in [0.15, 0.2) is 0 Å². The molecule has 0 aromatic heterocycles. The van der Waals surface area contributed by atoms with Crippen molar-refractivity contribution < 1.29 is 0 Å². The molecule has 0 bridgehead atoms. The van der Waals surface area contributed by atoms with E-state index in [1.54, 1.807) is 0 Å². The number of rotatable bonds is 3. The monoisotopic (exact) mass is 267 g/mol. The normalized spacial score (nSPS) is 21.4. The summed E-state index contributed by atoms with van der Waals surface area (Å²) in [5, 5.41) is 3.69. The topological polar surface area (TPSA) is 12.0 Å². The summed E-state index contributed by atoms with van der Waals surface area (Å²) in [6, 6.07) is 7.85. The van der Waals surface area contributed by atoms with Gasteiger partial charge in [-0.2, -0.15) is 0 Å². The van der Waals surface area contributed by atoms with Gasteiger partial charge in [-0.15, -0.1) is 0 Å². The van der Waals surface area contributed by atoms with E-state index in [-0.39, 0.29) is 0 Å². The van der Waals surface area contributed by atoms with Gasteiger partial charge in [0, 0.05) is 16.6 Å². The summed E-state index contributed by atoms with van der Waals surface area (Å²) in [4.78, 5) is 0. The van der Waals surface area contributed by atoms with Crippen LogP contribution in [-0.4, -0.2) is 6.04 Å². The molecular weight excluding hydrogens is 250 g/mol. The van der Waals surface area contributed by atoms with Crippen LogP contribution in [0.1, 0.15) is 43.9 Å². The third-order valence-electron chi connectivity index (χ3n) is 3.28. The fourth-order valence-corrected chi connectivity index (χ4v) is 2.63. The lowest BCUT2D eigenvalue weighted by molar-refractivity contribution is 0.445. The van der Waals surface area contributed by atoms with Crippen LogP contribution in [0, 0.1) is 0 Å². The molecule has 2 heteroatoms. The second kappa shape index (κ2) is 4.67. The number of fused-ring (bicyclic) bond motifs is 1. The molecule has 1 aliphatic rings. The van der Waals surface area contributed by atoms with Crippen molar-refractivity contribution in [1.82, 2.24) is 5.32 Å². The van der Waals surface area contributed by atoms with Gasteiger partial charge >= 0.3 is 0 Å². The Morgan fingerprint density at radius 2 is 2.33 bits per heavy atom. The van der Waals surface area contributed by atoms with E-state index in [9.17, 15) is 0 Å².